The van der Waals surface area contributed by atoms with Crippen LogP contribution < -0.4 is 5.32 Å². The number of carbonyl (C=O) groups excluding carboxylic acids is 1. The van der Waals surface area contributed by atoms with E-state index in [1.54, 1.807) is 10.9 Å². The van der Waals surface area contributed by atoms with Crippen molar-refractivity contribution in [3.63, 3.8) is 0 Å². The molecule has 2 aromatic rings. The van der Waals surface area contributed by atoms with Crippen LogP contribution >= 0.6 is 24.0 Å². The van der Waals surface area contributed by atoms with Gasteiger partial charge in [0.25, 0.3) is 5.91 Å². The molecule has 7 heteroatoms. The van der Waals surface area contributed by atoms with Gasteiger partial charge in [0.15, 0.2) is 0 Å². The first kappa shape index (κ1) is 17.8. The smallest absolute Gasteiger partial charge is 0.257 e. The molecule has 0 spiro atoms. The van der Waals surface area contributed by atoms with Crippen LogP contribution in [0, 0.1) is 6.92 Å². The van der Waals surface area contributed by atoms with Crippen molar-refractivity contribution in [2.24, 2.45) is 0 Å². The number of rotatable bonds is 2. The lowest BCUT2D eigenvalue weighted by molar-refractivity contribution is 0.0655. The highest BCUT2D eigenvalue weighted by Crippen LogP contribution is 2.19. The van der Waals surface area contributed by atoms with Crippen LogP contribution in [0.1, 0.15) is 23.0 Å². The molecular formula is C16H20Cl2N4O. The number of carbonyl (C=O) groups is 1. The SMILES string of the molecule is Cc1c(C(=O)N2CCNC[C@H]2C)cnn1-c1cccc(Cl)c1.Cl. The van der Waals surface area contributed by atoms with Crippen LogP contribution in [0.25, 0.3) is 5.69 Å². The summed E-state index contributed by atoms with van der Waals surface area (Å²) in [6, 6.07) is 7.64. The fraction of sp³-hybridized carbons (Fsp3) is 0.375. The van der Waals surface area contributed by atoms with Crippen LogP contribution in [-0.4, -0.2) is 46.3 Å². The molecule has 1 aliphatic heterocycles. The summed E-state index contributed by atoms with van der Waals surface area (Å²) in [5.74, 6) is 0.0415. The molecule has 2 heterocycles. The Morgan fingerprint density at radius 3 is 2.91 bits per heavy atom. The highest BCUT2D eigenvalue weighted by Gasteiger charge is 2.26. The average Bonchev–Trinajstić information content (AvgIpc) is 2.89. The molecule has 1 aromatic carbocycles. The fourth-order valence-electron chi connectivity index (χ4n) is 2.79. The third-order valence-corrected chi connectivity index (χ3v) is 4.29. The molecule has 23 heavy (non-hydrogen) atoms. The maximum atomic E-state index is 12.8. The monoisotopic (exact) mass is 354 g/mol. The van der Waals surface area contributed by atoms with Gasteiger partial charge in [-0.25, -0.2) is 4.68 Å². The highest BCUT2D eigenvalue weighted by molar-refractivity contribution is 6.30. The van der Waals surface area contributed by atoms with E-state index in [2.05, 4.69) is 17.3 Å². The van der Waals surface area contributed by atoms with Crippen molar-refractivity contribution in [2.45, 2.75) is 19.9 Å². The van der Waals surface area contributed by atoms with E-state index in [0.717, 1.165) is 31.0 Å². The van der Waals surface area contributed by atoms with E-state index >= 15 is 0 Å². The topological polar surface area (TPSA) is 50.2 Å². The minimum absolute atomic E-state index is 0. The molecule has 124 valence electrons. The molecular weight excluding hydrogens is 335 g/mol. The predicted molar refractivity (Wildman–Crippen MR) is 93.9 cm³/mol. The van der Waals surface area contributed by atoms with E-state index in [-0.39, 0.29) is 24.4 Å². The summed E-state index contributed by atoms with van der Waals surface area (Å²) in [6.45, 7) is 6.35. The minimum atomic E-state index is 0. The van der Waals surface area contributed by atoms with Crippen LogP contribution in [0.15, 0.2) is 30.5 Å². The van der Waals surface area contributed by atoms with E-state index < -0.39 is 0 Å². The first-order valence-electron chi connectivity index (χ1n) is 7.40. The molecule has 0 saturated carbocycles. The lowest BCUT2D eigenvalue weighted by atomic mass is 10.1. The molecule has 1 saturated heterocycles. The third kappa shape index (κ3) is 3.52. The minimum Gasteiger partial charge on any atom is -0.333 e. The van der Waals surface area contributed by atoms with E-state index in [4.69, 9.17) is 11.6 Å². The number of hydrogen-bond donors (Lipinski definition) is 1. The van der Waals surface area contributed by atoms with Crippen molar-refractivity contribution in [2.75, 3.05) is 19.6 Å². The molecule has 0 aliphatic carbocycles. The average molecular weight is 355 g/mol. The van der Waals surface area contributed by atoms with Crippen LogP contribution in [0.3, 0.4) is 0 Å². The van der Waals surface area contributed by atoms with E-state index in [1.807, 2.05) is 36.1 Å². The Morgan fingerprint density at radius 1 is 1.43 bits per heavy atom. The zero-order chi connectivity index (χ0) is 15.7. The summed E-state index contributed by atoms with van der Waals surface area (Å²) in [5, 5.41) is 8.31. The van der Waals surface area contributed by atoms with Gasteiger partial charge in [0, 0.05) is 30.7 Å². The second kappa shape index (κ2) is 7.34. The largest absolute Gasteiger partial charge is 0.333 e. The first-order chi connectivity index (χ1) is 10.6. The van der Waals surface area contributed by atoms with Crippen molar-refractivity contribution in [1.29, 1.82) is 0 Å². The molecule has 0 unspecified atom stereocenters. The van der Waals surface area contributed by atoms with E-state index in [1.165, 1.54) is 0 Å². The summed E-state index contributed by atoms with van der Waals surface area (Å²) in [7, 11) is 0. The van der Waals surface area contributed by atoms with Gasteiger partial charge >= 0.3 is 0 Å². The number of amides is 1. The lowest BCUT2D eigenvalue weighted by Crippen LogP contribution is -2.52. The normalized spacial score (nSPS) is 17.7. The van der Waals surface area contributed by atoms with E-state index in [9.17, 15) is 4.79 Å². The molecule has 1 fully saturated rings. The Morgan fingerprint density at radius 2 is 2.22 bits per heavy atom. The number of nitrogens with one attached hydrogen (secondary N) is 1. The van der Waals surface area contributed by atoms with Gasteiger partial charge in [-0.3, -0.25) is 4.79 Å². The number of aromatic nitrogens is 2. The van der Waals surface area contributed by atoms with Crippen molar-refractivity contribution >= 4 is 29.9 Å². The number of nitrogens with zero attached hydrogens (tertiary/aromatic N) is 3. The highest BCUT2D eigenvalue weighted by atomic mass is 35.5. The zero-order valence-electron chi connectivity index (χ0n) is 13.1. The van der Waals surface area contributed by atoms with Crippen LogP contribution in [0.5, 0.6) is 0 Å². The summed E-state index contributed by atoms with van der Waals surface area (Å²) < 4.78 is 1.76. The van der Waals surface area contributed by atoms with Crippen LogP contribution in [0.2, 0.25) is 5.02 Å². The summed E-state index contributed by atoms with van der Waals surface area (Å²) >= 11 is 6.03. The number of halogens is 2. The number of hydrogen-bond acceptors (Lipinski definition) is 3. The quantitative estimate of drug-likeness (QED) is 0.901. The first-order valence-corrected chi connectivity index (χ1v) is 7.78. The van der Waals surface area contributed by atoms with Gasteiger partial charge in [0.05, 0.1) is 23.1 Å². The van der Waals surface area contributed by atoms with Gasteiger partial charge in [-0.05, 0) is 32.0 Å². The van der Waals surface area contributed by atoms with Gasteiger partial charge in [-0.1, -0.05) is 17.7 Å². The molecule has 1 N–H and O–H groups in total. The van der Waals surface area contributed by atoms with E-state index in [0.29, 0.717) is 10.6 Å². The number of piperazine rings is 1. The maximum absolute atomic E-state index is 12.8. The summed E-state index contributed by atoms with van der Waals surface area (Å²) in [4.78, 5) is 14.7. The Balaban J connectivity index is 0.00000192. The maximum Gasteiger partial charge on any atom is 0.257 e. The standard InChI is InChI=1S/C16H19ClN4O.ClH/c1-11-9-18-6-7-20(11)16(22)15-10-19-21(12(15)2)14-5-3-4-13(17)8-14;/h3-5,8,10-11,18H,6-7,9H2,1-2H3;1H/t11-;/m1./s1. The molecule has 1 amide bonds. The fourth-order valence-corrected chi connectivity index (χ4v) is 2.97. The molecule has 0 bridgehead atoms. The summed E-state index contributed by atoms with van der Waals surface area (Å²) in [6.07, 6.45) is 1.65. The molecule has 1 atom stereocenters. The Bertz CT molecular complexity index is 701. The van der Waals surface area contributed by atoms with Crippen LogP contribution in [0.4, 0.5) is 0 Å². The Labute approximate surface area is 147 Å². The predicted octanol–water partition coefficient (Wildman–Crippen LogP) is 2.69. The molecule has 0 radical (unpaired) electrons. The van der Waals surface area contributed by atoms with Gasteiger partial charge in [0.1, 0.15) is 0 Å². The molecule has 1 aromatic heterocycles. The van der Waals surface area contributed by atoms with Crippen molar-refractivity contribution in [1.82, 2.24) is 20.0 Å². The molecule has 1 aliphatic rings. The summed E-state index contributed by atoms with van der Waals surface area (Å²) in [5.41, 5.74) is 2.34. The van der Waals surface area contributed by atoms with Gasteiger partial charge in [-0.2, -0.15) is 5.10 Å². The number of benzene rings is 1. The Kier molecular flexibility index (Phi) is 5.68. The molecule has 3 rings (SSSR count). The van der Waals surface area contributed by atoms with Crippen molar-refractivity contribution in [3.8, 4) is 5.69 Å². The second-order valence-corrected chi connectivity index (χ2v) is 6.02. The van der Waals surface area contributed by atoms with Crippen LogP contribution in [-0.2, 0) is 0 Å². The zero-order valence-corrected chi connectivity index (χ0v) is 14.7. The van der Waals surface area contributed by atoms with Gasteiger partial charge < -0.3 is 10.2 Å². The Hall–Kier alpha value is -1.56. The van der Waals surface area contributed by atoms with Gasteiger partial charge in [-0.15, -0.1) is 12.4 Å². The lowest BCUT2D eigenvalue weighted by Gasteiger charge is -2.33. The molecule has 5 nitrogen and oxygen atoms in total. The third-order valence-electron chi connectivity index (χ3n) is 4.06. The second-order valence-electron chi connectivity index (χ2n) is 5.59. The van der Waals surface area contributed by atoms with Crippen molar-refractivity contribution < 1.29 is 4.79 Å². The van der Waals surface area contributed by atoms with Gasteiger partial charge in [0.2, 0.25) is 0 Å². The van der Waals surface area contributed by atoms with Crippen molar-refractivity contribution in [3.05, 3.63) is 46.7 Å².